The van der Waals surface area contributed by atoms with Gasteiger partial charge in [-0.05, 0) is 32.9 Å². The van der Waals surface area contributed by atoms with Crippen LogP contribution in [0, 0.1) is 19.7 Å². The van der Waals surface area contributed by atoms with Crippen LogP contribution in [0.15, 0.2) is 16.9 Å². The highest BCUT2D eigenvalue weighted by Crippen LogP contribution is 2.29. The van der Waals surface area contributed by atoms with E-state index < -0.39 is 5.82 Å². The normalized spacial score (nSPS) is 12.3. The number of aromatic amines is 1. The minimum Gasteiger partial charge on any atom is -0.378 e. The summed E-state index contributed by atoms with van der Waals surface area (Å²) in [4.78, 5) is 18.9. The summed E-state index contributed by atoms with van der Waals surface area (Å²) in [5, 5.41) is 2.91. The van der Waals surface area contributed by atoms with Gasteiger partial charge in [-0.1, -0.05) is 23.2 Å². The molecular formula is C14H14Cl2FN3O. The number of anilines is 1. The lowest BCUT2D eigenvalue weighted by Crippen LogP contribution is -2.23. The molecule has 0 saturated heterocycles. The van der Waals surface area contributed by atoms with E-state index >= 15 is 0 Å². The zero-order chi connectivity index (χ0) is 15.7. The van der Waals surface area contributed by atoms with E-state index in [1.807, 2.05) is 0 Å². The van der Waals surface area contributed by atoms with E-state index in [2.05, 4.69) is 15.3 Å². The van der Waals surface area contributed by atoms with Crippen molar-refractivity contribution in [2.24, 2.45) is 0 Å². The fraction of sp³-hybridized carbons (Fsp3) is 0.286. The molecule has 4 nitrogen and oxygen atoms in total. The predicted octanol–water partition coefficient (Wildman–Crippen LogP) is 4.01. The molecule has 1 aromatic carbocycles. The molecule has 1 aromatic heterocycles. The molecule has 7 heteroatoms. The average Bonchev–Trinajstić information content (AvgIpc) is 2.34. The van der Waals surface area contributed by atoms with E-state index in [1.165, 1.54) is 12.1 Å². The van der Waals surface area contributed by atoms with Crippen LogP contribution in [-0.4, -0.2) is 9.97 Å². The summed E-state index contributed by atoms with van der Waals surface area (Å²) in [7, 11) is 0. The second-order valence-electron chi connectivity index (χ2n) is 4.77. The van der Waals surface area contributed by atoms with Crippen molar-refractivity contribution >= 4 is 28.9 Å². The lowest BCUT2D eigenvalue weighted by molar-refractivity contribution is 0.628. The third-order valence-electron chi connectivity index (χ3n) is 3.06. The maximum Gasteiger partial charge on any atom is 0.256 e. The molecule has 0 radical (unpaired) electrons. The van der Waals surface area contributed by atoms with Gasteiger partial charge in [0.05, 0.1) is 27.3 Å². The Hall–Kier alpha value is -1.59. The molecule has 0 aliphatic rings. The van der Waals surface area contributed by atoms with Crippen molar-refractivity contribution in [1.82, 2.24) is 9.97 Å². The van der Waals surface area contributed by atoms with E-state index in [0.29, 0.717) is 22.8 Å². The van der Waals surface area contributed by atoms with Gasteiger partial charge in [-0.25, -0.2) is 9.37 Å². The third kappa shape index (κ3) is 3.36. The number of hydrogen-bond donors (Lipinski definition) is 2. The Kier molecular flexibility index (Phi) is 4.54. The van der Waals surface area contributed by atoms with Gasteiger partial charge in [0.1, 0.15) is 5.82 Å². The Bertz CT molecular complexity index is 722. The summed E-state index contributed by atoms with van der Waals surface area (Å²) in [6.45, 7) is 5.29. The number of hydrogen-bond acceptors (Lipinski definition) is 3. The highest BCUT2D eigenvalue weighted by Gasteiger charge is 2.16. The summed E-state index contributed by atoms with van der Waals surface area (Å²) in [5.41, 5.74) is 1.46. The van der Waals surface area contributed by atoms with Crippen molar-refractivity contribution in [2.45, 2.75) is 26.8 Å². The summed E-state index contributed by atoms with van der Waals surface area (Å²) in [6.07, 6.45) is 0. The van der Waals surface area contributed by atoms with E-state index in [1.54, 1.807) is 20.8 Å². The van der Waals surface area contributed by atoms with Gasteiger partial charge in [0.15, 0.2) is 5.82 Å². The highest BCUT2D eigenvalue weighted by molar-refractivity contribution is 6.35. The summed E-state index contributed by atoms with van der Waals surface area (Å²) in [6, 6.07) is 2.51. The first-order valence-electron chi connectivity index (χ1n) is 6.28. The lowest BCUT2D eigenvalue weighted by Gasteiger charge is -2.17. The number of rotatable bonds is 3. The largest absolute Gasteiger partial charge is 0.378 e. The number of H-pyrrole nitrogens is 1. The SMILES string of the molecule is Cc1nc(C)c(C(C)Nc2cc(Cl)c(F)c(Cl)c2)c(=O)[nH]1. The van der Waals surface area contributed by atoms with Crippen LogP contribution in [-0.2, 0) is 0 Å². The van der Waals surface area contributed by atoms with Crippen LogP contribution < -0.4 is 10.9 Å². The van der Waals surface area contributed by atoms with E-state index in [0.717, 1.165) is 0 Å². The molecule has 1 unspecified atom stereocenters. The van der Waals surface area contributed by atoms with Gasteiger partial charge in [-0.2, -0.15) is 0 Å². The maximum absolute atomic E-state index is 13.4. The van der Waals surface area contributed by atoms with Gasteiger partial charge >= 0.3 is 0 Å². The van der Waals surface area contributed by atoms with Gasteiger partial charge in [-0.15, -0.1) is 0 Å². The zero-order valence-corrected chi connectivity index (χ0v) is 13.2. The minimum atomic E-state index is -0.664. The monoisotopic (exact) mass is 329 g/mol. The Morgan fingerprint density at radius 3 is 2.38 bits per heavy atom. The van der Waals surface area contributed by atoms with Crippen LogP contribution in [0.4, 0.5) is 10.1 Å². The number of nitrogens with one attached hydrogen (secondary N) is 2. The molecule has 0 bridgehead atoms. The topological polar surface area (TPSA) is 57.8 Å². The molecule has 1 heterocycles. The van der Waals surface area contributed by atoms with Crippen molar-refractivity contribution in [3.63, 3.8) is 0 Å². The lowest BCUT2D eigenvalue weighted by atomic mass is 10.1. The maximum atomic E-state index is 13.4. The Morgan fingerprint density at radius 1 is 1.29 bits per heavy atom. The summed E-state index contributed by atoms with van der Waals surface area (Å²) < 4.78 is 13.4. The molecule has 0 aliphatic heterocycles. The first kappa shape index (κ1) is 15.8. The molecule has 0 spiro atoms. The molecule has 0 aliphatic carbocycles. The second-order valence-corrected chi connectivity index (χ2v) is 5.58. The van der Waals surface area contributed by atoms with Crippen LogP contribution in [0.3, 0.4) is 0 Å². The Balaban J connectivity index is 2.35. The quantitative estimate of drug-likeness (QED) is 0.836. The zero-order valence-electron chi connectivity index (χ0n) is 11.7. The molecular weight excluding hydrogens is 316 g/mol. The molecule has 0 saturated carbocycles. The van der Waals surface area contributed by atoms with Crippen molar-refractivity contribution in [3.05, 3.63) is 55.4 Å². The minimum absolute atomic E-state index is 0.0788. The number of aromatic nitrogens is 2. The van der Waals surface area contributed by atoms with Gasteiger partial charge in [0.2, 0.25) is 0 Å². The van der Waals surface area contributed by atoms with Crippen molar-refractivity contribution in [3.8, 4) is 0 Å². The molecule has 0 amide bonds. The number of nitrogens with zero attached hydrogens (tertiary/aromatic N) is 1. The van der Waals surface area contributed by atoms with Gasteiger partial charge in [-0.3, -0.25) is 4.79 Å². The highest BCUT2D eigenvalue weighted by atomic mass is 35.5. The third-order valence-corrected chi connectivity index (χ3v) is 3.61. The van der Waals surface area contributed by atoms with Gasteiger partial charge in [0, 0.05) is 5.69 Å². The number of halogens is 3. The van der Waals surface area contributed by atoms with Gasteiger partial charge in [0.25, 0.3) is 5.56 Å². The first-order valence-corrected chi connectivity index (χ1v) is 7.03. The van der Waals surface area contributed by atoms with Crippen LogP contribution >= 0.6 is 23.2 Å². The van der Waals surface area contributed by atoms with Crippen molar-refractivity contribution in [1.29, 1.82) is 0 Å². The van der Waals surface area contributed by atoms with Crippen LogP contribution in [0.2, 0.25) is 10.0 Å². The van der Waals surface area contributed by atoms with E-state index in [9.17, 15) is 9.18 Å². The molecule has 21 heavy (non-hydrogen) atoms. The summed E-state index contributed by atoms with van der Waals surface area (Å²) in [5.74, 6) is -0.108. The average molecular weight is 330 g/mol. The van der Waals surface area contributed by atoms with Crippen LogP contribution in [0.25, 0.3) is 0 Å². The standard InChI is InChI=1S/C14H14Cl2FN3O/c1-6-12(14(21)20-8(3)18-6)7(2)19-9-4-10(15)13(17)11(16)5-9/h4-5,7,19H,1-3H3,(H,18,20,21). The van der Waals surface area contributed by atoms with Crippen molar-refractivity contribution in [2.75, 3.05) is 5.32 Å². The summed E-state index contributed by atoms with van der Waals surface area (Å²) >= 11 is 11.5. The smallest absolute Gasteiger partial charge is 0.256 e. The molecule has 2 rings (SSSR count). The molecule has 1 atom stereocenters. The van der Waals surface area contributed by atoms with Crippen LogP contribution in [0.1, 0.15) is 30.0 Å². The van der Waals surface area contributed by atoms with Crippen LogP contribution in [0.5, 0.6) is 0 Å². The van der Waals surface area contributed by atoms with E-state index in [-0.39, 0.29) is 21.6 Å². The molecule has 2 N–H and O–H groups in total. The second kappa shape index (κ2) is 6.03. The molecule has 2 aromatic rings. The fourth-order valence-electron chi connectivity index (χ4n) is 2.21. The molecule has 0 fully saturated rings. The van der Waals surface area contributed by atoms with Gasteiger partial charge < -0.3 is 10.3 Å². The fourth-order valence-corrected chi connectivity index (χ4v) is 2.69. The molecule has 112 valence electrons. The van der Waals surface area contributed by atoms with Crippen molar-refractivity contribution < 1.29 is 4.39 Å². The number of benzene rings is 1. The van der Waals surface area contributed by atoms with E-state index in [4.69, 9.17) is 23.2 Å². The first-order chi connectivity index (χ1) is 9.79. The Morgan fingerprint density at radius 2 is 1.86 bits per heavy atom. The Labute approximate surface area is 131 Å². The predicted molar refractivity (Wildman–Crippen MR) is 82.8 cm³/mol. The number of aryl methyl sites for hydroxylation is 2.